The second-order valence-electron chi connectivity index (χ2n) is 8.36. The van der Waals surface area contributed by atoms with E-state index in [2.05, 4.69) is 16.0 Å². The van der Waals surface area contributed by atoms with Crippen molar-refractivity contribution in [1.29, 1.82) is 0 Å². The van der Waals surface area contributed by atoms with Gasteiger partial charge in [0.15, 0.2) is 0 Å². The van der Waals surface area contributed by atoms with Crippen LogP contribution in [0.15, 0.2) is 47.1 Å². The Morgan fingerprint density at radius 3 is 2.33 bits per heavy atom. The summed E-state index contributed by atoms with van der Waals surface area (Å²) in [5.74, 6) is 0.455. The summed E-state index contributed by atoms with van der Waals surface area (Å²) < 4.78 is 5.16. The number of likely N-dealkylation sites (tertiary alicyclic amines) is 1. The summed E-state index contributed by atoms with van der Waals surface area (Å²) in [5.41, 5.74) is 0.681. The van der Waals surface area contributed by atoms with Gasteiger partial charge in [0, 0.05) is 23.3 Å². The van der Waals surface area contributed by atoms with Crippen molar-refractivity contribution in [1.82, 2.24) is 10.2 Å². The average Bonchev–Trinajstić information content (AvgIpc) is 3.38. The molecule has 3 rings (SSSR count). The monoisotopic (exact) mass is 412 g/mol. The Bertz CT molecular complexity index is 885. The molecule has 0 radical (unpaired) electrons. The number of hydrogen-bond donors (Lipinski definition) is 3. The molecule has 1 aliphatic heterocycles. The highest BCUT2D eigenvalue weighted by atomic mass is 16.3. The van der Waals surface area contributed by atoms with Crippen molar-refractivity contribution < 1.29 is 18.8 Å². The van der Waals surface area contributed by atoms with Gasteiger partial charge in [0.05, 0.1) is 12.8 Å². The number of carbonyl (C=O) groups is 3. The third-order valence-corrected chi connectivity index (χ3v) is 4.87. The van der Waals surface area contributed by atoms with E-state index in [9.17, 15) is 14.4 Å². The Kier molecular flexibility index (Phi) is 6.44. The number of anilines is 2. The fourth-order valence-electron chi connectivity index (χ4n) is 3.33. The van der Waals surface area contributed by atoms with E-state index in [1.54, 1.807) is 47.6 Å². The van der Waals surface area contributed by atoms with Crippen molar-refractivity contribution >= 4 is 29.2 Å². The quantitative estimate of drug-likeness (QED) is 0.698. The molecule has 3 N–H and O–H groups in total. The third-order valence-electron chi connectivity index (χ3n) is 4.87. The molecule has 1 aliphatic rings. The van der Waals surface area contributed by atoms with Crippen LogP contribution < -0.4 is 16.0 Å². The Morgan fingerprint density at radius 1 is 1.07 bits per heavy atom. The maximum absolute atomic E-state index is 12.7. The zero-order valence-electron chi connectivity index (χ0n) is 17.5. The second kappa shape index (κ2) is 9.02. The first-order chi connectivity index (χ1) is 14.2. The van der Waals surface area contributed by atoms with Crippen molar-refractivity contribution in [3.8, 4) is 0 Å². The minimum Gasteiger partial charge on any atom is -0.467 e. The predicted octanol–water partition coefficient (Wildman–Crippen LogP) is 3.58. The van der Waals surface area contributed by atoms with Crippen molar-refractivity contribution in [2.75, 3.05) is 17.2 Å². The number of carbonyl (C=O) groups excluding carboxylic acids is 3. The van der Waals surface area contributed by atoms with Crippen LogP contribution in [0.1, 0.15) is 39.4 Å². The second-order valence-corrected chi connectivity index (χ2v) is 8.36. The molecule has 2 aromatic rings. The molecule has 0 saturated carbocycles. The van der Waals surface area contributed by atoms with Crippen LogP contribution in [-0.2, 0) is 16.1 Å². The molecular weight excluding hydrogens is 384 g/mol. The van der Waals surface area contributed by atoms with E-state index < -0.39 is 11.5 Å². The molecule has 1 fully saturated rings. The van der Waals surface area contributed by atoms with Gasteiger partial charge in [-0.15, -0.1) is 0 Å². The lowest BCUT2D eigenvalue weighted by molar-refractivity contribution is -0.143. The fraction of sp³-hybridized carbons (Fsp3) is 0.409. The molecule has 30 heavy (non-hydrogen) atoms. The molecule has 8 nitrogen and oxygen atoms in total. The molecule has 160 valence electrons. The highest BCUT2D eigenvalue weighted by molar-refractivity contribution is 5.98. The fourth-order valence-corrected chi connectivity index (χ4v) is 3.33. The van der Waals surface area contributed by atoms with Crippen LogP contribution in [0.5, 0.6) is 0 Å². The molecule has 1 aromatic heterocycles. The van der Waals surface area contributed by atoms with E-state index in [0.717, 1.165) is 6.42 Å². The number of rotatable bonds is 5. The lowest BCUT2D eigenvalue weighted by atomic mass is 9.94. The topological polar surface area (TPSA) is 104 Å². The van der Waals surface area contributed by atoms with Gasteiger partial charge in [-0.3, -0.25) is 9.59 Å². The summed E-state index contributed by atoms with van der Waals surface area (Å²) in [5, 5.41) is 8.29. The van der Waals surface area contributed by atoms with Crippen LogP contribution in [0, 0.1) is 5.41 Å². The van der Waals surface area contributed by atoms with Crippen molar-refractivity contribution in [3.63, 3.8) is 0 Å². The number of urea groups is 1. The summed E-state index contributed by atoms with van der Waals surface area (Å²) >= 11 is 0. The normalized spacial score (nSPS) is 16.2. The number of furan rings is 1. The molecule has 1 atom stereocenters. The zero-order valence-corrected chi connectivity index (χ0v) is 17.5. The summed E-state index contributed by atoms with van der Waals surface area (Å²) in [6.07, 6.45) is 3.02. The minimum atomic E-state index is -0.520. The summed E-state index contributed by atoms with van der Waals surface area (Å²) in [6.45, 7) is 6.47. The number of nitrogens with one attached hydrogen (secondary N) is 3. The molecule has 1 aromatic carbocycles. The molecule has 0 aliphatic carbocycles. The van der Waals surface area contributed by atoms with E-state index in [-0.39, 0.29) is 24.4 Å². The van der Waals surface area contributed by atoms with Gasteiger partial charge in [-0.1, -0.05) is 20.8 Å². The lowest BCUT2D eigenvalue weighted by Gasteiger charge is -2.30. The molecule has 1 unspecified atom stereocenters. The number of hydrogen-bond acceptors (Lipinski definition) is 4. The van der Waals surface area contributed by atoms with Crippen LogP contribution >= 0.6 is 0 Å². The predicted molar refractivity (Wildman–Crippen MR) is 114 cm³/mol. The third kappa shape index (κ3) is 5.40. The van der Waals surface area contributed by atoms with Crippen molar-refractivity contribution in [2.45, 2.75) is 46.2 Å². The Hall–Kier alpha value is -3.29. The first-order valence-corrected chi connectivity index (χ1v) is 10.0. The molecule has 4 amide bonds. The van der Waals surface area contributed by atoms with Crippen LogP contribution in [-0.4, -0.2) is 35.3 Å². The van der Waals surface area contributed by atoms with Crippen LogP contribution in [0.25, 0.3) is 0 Å². The standard InChI is InChI=1S/C22H28N4O4/c1-22(2,3)20(28)26-12-4-7-18(26)19(27)24-15-8-10-16(11-9-15)25-21(29)23-14-17-6-5-13-30-17/h5-6,8-11,13,18H,4,7,12,14H2,1-3H3,(H,24,27)(H2,23,25,29). The zero-order chi connectivity index (χ0) is 21.7. The summed E-state index contributed by atoms with van der Waals surface area (Å²) in [4.78, 5) is 39.0. The number of nitrogens with zero attached hydrogens (tertiary/aromatic N) is 1. The Balaban J connectivity index is 1.52. The van der Waals surface area contributed by atoms with Crippen LogP contribution in [0.4, 0.5) is 16.2 Å². The molecule has 1 saturated heterocycles. The highest BCUT2D eigenvalue weighted by Gasteiger charge is 2.38. The van der Waals surface area contributed by atoms with Gasteiger partial charge >= 0.3 is 6.03 Å². The number of amides is 4. The molecule has 2 heterocycles. The van der Waals surface area contributed by atoms with Crippen molar-refractivity contribution in [2.24, 2.45) is 5.41 Å². The van der Waals surface area contributed by atoms with E-state index in [1.807, 2.05) is 20.8 Å². The van der Waals surface area contributed by atoms with Gasteiger partial charge in [0.25, 0.3) is 0 Å². The van der Waals surface area contributed by atoms with Crippen LogP contribution in [0.2, 0.25) is 0 Å². The van der Waals surface area contributed by atoms with Gasteiger partial charge in [-0.2, -0.15) is 0 Å². The first-order valence-electron chi connectivity index (χ1n) is 10.0. The smallest absolute Gasteiger partial charge is 0.319 e. The summed E-state index contributed by atoms with van der Waals surface area (Å²) in [6, 6.07) is 9.55. The average molecular weight is 412 g/mol. The number of benzene rings is 1. The van der Waals surface area contributed by atoms with Gasteiger partial charge in [-0.05, 0) is 49.2 Å². The van der Waals surface area contributed by atoms with Crippen molar-refractivity contribution in [3.05, 3.63) is 48.4 Å². The van der Waals surface area contributed by atoms with Gasteiger partial charge < -0.3 is 25.3 Å². The van der Waals surface area contributed by atoms with Crippen LogP contribution in [0.3, 0.4) is 0 Å². The Labute approximate surface area is 176 Å². The van der Waals surface area contributed by atoms with E-state index >= 15 is 0 Å². The highest BCUT2D eigenvalue weighted by Crippen LogP contribution is 2.26. The largest absolute Gasteiger partial charge is 0.467 e. The van der Waals surface area contributed by atoms with Gasteiger partial charge in [0.2, 0.25) is 11.8 Å². The minimum absolute atomic E-state index is 0.0136. The molecule has 8 heteroatoms. The maximum atomic E-state index is 12.7. The van der Waals surface area contributed by atoms with Gasteiger partial charge in [-0.25, -0.2) is 4.79 Å². The molecule has 0 spiro atoms. The molecule has 0 bridgehead atoms. The Morgan fingerprint density at radius 2 is 1.73 bits per heavy atom. The van der Waals surface area contributed by atoms with Gasteiger partial charge in [0.1, 0.15) is 11.8 Å². The van der Waals surface area contributed by atoms with E-state index in [0.29, 0.717) is 30.1 Å². The summed E-state index contributed by atoms with van der Waals surface area (Å²) in [7, 11) is 0. The maximum Gasteiger partial charge on any atom is 0.319 e. The first kappa shape index (κ1) is 21.4. The lowest BCUT2D eigenvalue weighted by Crippen LogP contribution is -2.47. The van der Waals surface area contributed by atoms with E-state index in [4.69, 9.17) is 4.42 Å². The SMILES string of the molecule is CC(C)(C)C(=O)N1CCCC1C(=O)Nc1ccc(NC(=O)NCc2ccco2)cc1. The van der Waals surface area contributed by atoms with E-state index in [1.165, 1.54) is 0 Å². The molecular formula is C22H28N4O4.